The number of H-pyrrole nitrogens is 1. The first-order valence-corrected chi connectivity index (χ1v) is 12.6. The highest BCUT2D eigenvalue weighted by atomic mass is 35.5. The standard InChI is InChI=1S/C21H24ClN5O3S2/c1-15-5-3-4-6-17(15)13-27(32(29,30)19-9-7-18(22)8-10-19)14-20(28)23-11-12-31-21-24-16(2)25-26-21/h3-10H,11-14H2,1-2H3,(H,23,28)(H,24,25,26). The summed E-state index contributed by atoms with van der Waals surface area (Å²) in [6.07, 6.45) is 0. The predicted molar refractivity (Wildman–Crippen MR) is 125 cm³/mol. The fraction of sp³-hybridized carbons (Fsp3) is 0.286. The minimum atomic E-state index is -3.91. The number of sulfonamides is 1. The van der Waals surface area contributed by atoms with Crippen molar-refractivity contribution >= 4 is 39.3 Å². The molecule has 0 fully saturated rings. The maximum atomic E-state index is 13.3. The van der Waals surface area contributed by atoms with Crippen molar-refractivity contribution in [1.82, 2.24) is 24.8 Å². The van der Waals surface area contributed by atoms with Crippen molar-refractivity contribution in [1.29, 1.82) is 0 Å². The molecule has 0 atom stereocenters. The number of amides is 1. The van der Waals surface area contributed by atoms with Gasteiger partial charge in [-0.05, 0) is 49.2 Å². The van der Waals surface area contributed by atoms with Gasteiger partial charge in [0.1, 0.15) is 5.82 Å². The number of benzene rings is 2. The first-order chi connectivity index (χ1) is 15.3. The summed E-state index contributed by atoms with van der Waals surface area (Å²) in [6, 6.07) is 13.4. The van der Waals surface area contributed by atoms with Crippen LogP contribution in [0.25, 0.3) is 0 Å². The highest BCUT2D eigenvalue weighted by Gasteiger charge is 2.27. The molecule has 0 radical (unpaired) electrons. The number of carbonyl (C=O) groups excluding carboxylic acids is 1. The second-order valence-electron chi connectivity index (χ2n) is 7.06. The first-order valence-electron chi connectivity index (χ1n) is 9.84. The number of aryl methyl sites for hydroxylation is 2. The monoisotopic (exact) mass is 493 g/mol. The lowest BCUT2D eigenvalue weighted by molar-refractivity contribution is -0.121. The molecule has 1 heterocycles. The van der Waals surface area contributed by atoms with Gasteiger partial charge in [-0.3, -0.25) is 9.89 Å². The third-order valence-corrected chi connectivity index (χ3v) is 7.52. The van der Waals surface area contributed by atoms with Gasteiger partial charge in [0.25, 0.3) is 0 Å². The summed E-state index contributed by atoms with van der Waals surface area (Å²) in [6.45, 7) is 3.85. The SMILES string of the molecule is Cc1nc(SCCNC(=O)CN(Cc2ccccc2C)S(=O)(=O)c2ccc(Cl)cc2)n[nH]1. The van der Waals surface area contributed by atoms with Crippen molar-refractivity contribution in [3.8, 4) is 0 Å². The highest BCUT2D eigenvalue weighted by Crippen LogP contribution is 2.21. The van der Waals surface area contributed by atoms with Crippen LogP contribution in [0.1, 0.15) is 17.0 Å². The van der Waals surface area contributed by atoms with Crippen LogP contribution in [0, 0.1) is 13.8 Å². The number of aromatic nitrogens is 3. The van der Waals surface area contributed by atoms with E-state index in [9.17, 15) is 13.2 Å². The third-order valence-electron chi connectivity index (χ3n) is 4.61. The van der Waals surface area contributed by atoms with Gasteiger partial charge in [-0.2, -0.15) is 4.31 Å². The van der Waals surface area contributed by atoms with Gasteiger partial charge in [0, 0.05) is 23.9 Å². The number of rotatable bonds is 10. The van der Waals surface area contributed by atoms with Gasteiger partial charge in [0.2, 0.25) is 21.1 Å². The van der Waals surface area contributed by atoms with Crippen molar-refractivity contribution in [2.75, 3.05) is 18.8 Å². The Kier molecular flexibility index (Phi) is 8.30. The number of nitrogens with one attached hydrogen (secondary N) is 2. The van der Waals surface area contributed by atoms with Crippen LogP contribution in [-0.2, 0) is 21.4 Å². The van der Waals surface area contributed by atoms with E-state index in [1.54, 1.807) is 0 Å². The lowest BCUT2D eigenvalue weighted by Gasteiger charge is -2.23. The molecule has 0 spiro atoms. The van der Waals surface area contributed by atoms with Gasteiger partial charge in [-0.25, -0.2) is 13.4 Å². The van der Waals surface area contributed by atoms with Crippen LogP contribution in [0.5, 0.6) is 0 Å². The Morgan fingerprint density at radius 2 is 1.88 bits per heavy atom. The number of hydrogen-bond donors (Lipinski definition) is 2. The van der Waals surface area contributed by atoms with Gasteiger partial charge in [-0.1, -0.05) is 47.6 Å². The van der Waals surface area contributed by atoms with Crippen LogP contribution in [0.2, 0.25) is 5.02 Å². The molecule has 3 aromatic rings. The Bertz CT molecular complexity index is 1170. The number of thioether (sulfide) groups is 1. The van der Waals surface area contributed by atoms with Crippen LogP contribution in [-0.4, -0.2) is 52.7 Å². The third kappa shape index (κ3) is 6.55. The molecule has 0 saturated heterocycles. The lowest BCUT2D eigenvalue weighted by Crippen LogP contribution is -2.41. The molecule has 2 N–H and O–H groups in total. The van der Waals surface area contributed by atoms with Gasteiger partial charge in [0.15, 0.2) is 0 Å². The maximum absolute atomic E-state index is 13.3. The number of aromatic amines is 1. The summed E-state index contributed by atoms with van der Waals surface area (Å²) in [5, 5.41) is 10.6. The van der Waals surface area contributed by atoms with Crippen molar-refractivity contribution in [2.45, 2.75) is 30.4 Å². The molecule has 8 nitrogen and oxygen atoms in total. The van der Waals surface area contributed by atoms with Crippen LogP contribution in [0.15, 0.2) is 58.6 Å². The zero-order valence-electron chi connectivity index (χ0n) is 17.7. The van der Waals surface area contributed by atoms with Gasteiger partial charge in [0.05, 0.1) is 11.4 Å². The van der Waals surface area contributed by atoms with Gasteiger partial charge in [-0.15, -0.1) is 5.10 Å². The van der Waals surface area contributed by atoms with E-state index in [4.69, 9.17) is 11.6 Å². The van der Waals surface area contributed by atoms with Crippen LogP contribution in [0.3, 0.4) is 0 Å². The number of halogens is 1. The Labute approximate surface area is 196 Å². The molecular formula is C21H24ClN5O3S2. The molecule has 3 rings (SSSR count). The fourth-order valence-electron chi connectivity index (χ4n) is 2.89. The van der Waals surface area contributed by atoms with Crippen LogP contribution < -0.4 is 5.32 Å². The highest BCUT2D eigenvalue weighted by molar-refractivity contribution is 7.99. The first kappa shape index (κ1) is 24.2. The van der Waals surface area contributed by atoms with E-state index >= 15 is 0 Å². The van der Waals surface area contributed by atoms with E-state index in [0.717, 1.165) is 17.0 Å². The van der Waals surface area contributed by atoms with E-state index < -0.39 is 10.0 Å². The molecule has 1 amide bonds. The molecule has 0 aliphatic heterocycles. The molecular weight excluding hydrogens is 470 g/mol. The van der Waals surface area contributed by atoms with Crippen LogP contribution >= 0.6 is 23.4 Å². The predicted octanol–water partition coefficient (Wildman–Crippen LogP) is 3.17. The second kappa shape index (κ2) is 11.0. The summed E-state index contributed by atoms with van der Waals surface area (Å²) in [5.74, 6) is 0.892. The zero-order chi connectivity index (χ0) is 23.1. The number of carbonyl (C=O) groups is 1. The Hall–Kier alpha value is -2.40. The van der Waals surface area contributed by atoms with Crippen LogP contribution in [0.4, 0.5) is 0 Å². The molecule has 0 aliphatic rings. The quantitative estimate of drug-likeness (QED) is 0.332. The van der Waals surface area contributed by atoms with Crippen molar-refractivity contribution < 1.29 is 13.2 Å². The van der Waals surface area contributed by atoms with E-state index in [0.29, 0.717) is 22.5 Å². The summed E-state index contributed by atoms with van der Waals surface area (Å²) in [4.78, 5) is 16.9. The fourth-order valence-corrected chi connectivity index (χ4v) is 5.09. The molecule has 32 heavy (non-hydrogen) atoms. The smallest absolute Gasteiger partial charge is 0.243 e. The van der Waals surface area contributed by atoms with Gasteiger partial charge < -0.3 is 5.32 Å². The number of nitrogens with zero attached hydrogens (tertiary/aromatic N) is 3. The average Bonchev–Trinajstić information content (AvgIpc) is 3.17. The Morgan fingerprint density at radius 1 is 1.16 bits per heavy atom. The lowest BCUT2D eigenvalue weighted by atomic mass is 10.1. The summed E-state index contributed by atoms with van der Waals surface area (Å²) < 4.78 is 27.8. The molecule has 2 aromatic carbocycles. The normalized spacial score (nSPS) is 11.6. The maximum Gasteiger partial charge on any atom is 0.243 e. The van der Waals surface area contributed by atoms with Crippen molar-refractivity contribution in [3.05, 3.63) is 70.5 Å². The molecule has 170 valence electrons. The largest absolute Gasteiger partial charge is 0.354 e. The van der Waals surface area contributed by atoms with E-state index in [1.807, 2.05) is 38.1 Å². The molecule has 0 bridgehead atoms. The minimum Gasteiger partial charge on any atom is -0.354 e. The molecule has 11 heteroatoms. The van der Waals surface area contributed by atoms with E-state index in [2.05, 4.69) is 20.5 Å². The Balaban J connectivity index is 1.69. The topological polar surface area (TPSA) is 108 Å². The van der Waals surface area contributed by atoms with Gasteiger partial charge >= 0.3 is 0 Å². The second-order valence-corrected chi connectivity index (χ2v) is 10.5. The van der Waals surface area contributed by atoms with E-state index in [1.165, 1.54) is 40.3 Å². The number of hydrogen-bond acceptors (Lipinski definition) is 6. The van der Waals surface area contributed by atoms with Crippen molar-refractivity contribution in [2.24, 2.45) is 0 Å². The zero-order valence-corrected chi connectivity index (χ0v) is 20.1. The summed E-state index contributed by atoms with van der Waals surface area (Å²) in [7, 11) is -3.91. The molecule has 0 unspecified atom stereocenters. The average molecular weight is 494 g/mol. The summed E-state index contributed by atoms with van der Waals surface area (Å²) in [5.41, 5.74) is 1.77. The molecule has 0 aliphatic carbocycles. The Morgan fingerprint density at radius 3 is 2.53 bits per heavy atom. The summed E-state index contributed by atoms with van der Waals surface area (Å²) >= 11 is 7.31. The molecule has 1 aromatic heterocycles. The molecule has 0 saturated carbocycles. The van der Waals surface area contributed by atoms with Crippen molar-refractivity contribution in [3.63, 3.8) is 0 Å². The van der Waals surface area contributed by atoms with E-state index in [-0.39, 0.29) is 23.9 Å². The minimum absolute atomic E-state index is 0.0796.